The molecule has 0 spiro atoms. The fourth-order valence-corrected chi connectivity index (χ4v) is 2.29. The largest absolute Gasteiger partial charge is 0.309 e. The van der Waals surface area contributed by atoms with E-state index in [0.29, 0.717) is 0 Å². The second-order valence-electron chi connectivity index (χ2n) is 3.14. The van der Waals surface area contributed by atoms with Gasteiger partial charge in [-0.05, 0) is 25.8 Å². The summed E-state index contributed by atoms with van der Waals surface area (Å²) in [5.41, 5.74) is 0. The summed E-state index contributed by atoms with van der Waals surface area (Å²) in [6, 6.07) is 0. The summed E-state index contributed by atoms with van der Waals surface area (Å²) in [7, 11) is 4.24. The SMILES string of the molecule is CC(CBr)CSCCN(C)C. The quantitative estimate of drug-likeness (QED) is 0.517. The van der Waals surface area contributed by atoms with E-state index in [1.807, 2.05) is 11.8 Å². The van der Waals surface area contributed by atoms with Gasteiger partial charge >= 0.3 is 0 Å². The second kappa shape index (κ2) is 7.44. The van der Waals surface area contributed by atoms with E-state index in [-0.39, 0.29) is 0 Å². The van der Waals surface area contributed by atoms with Gasteiger partial charge in [0.05, 0.1) is 0 Å². The second-order valence-corrected chi connectivity index (χ2v) is 4.93. The summed E-state index contributed by atoms with van der Waals surface area (Å²) in [4.78, 5) is 2.23. The Labute approximate surface area is 83.0 Å². The number of rotatable bonds is 6. The summed E-state index contributed by atoms with van der Waals surface area (Å²) in [6.07, 6.45) is 0. The molecule has 1 atom stereocenters. The van der Waals surface area contributed by atoms with Crippen LogP contribution in [-0.2, 0) is 0 Å². The average molecular weight is 240 g/mol. The molecule has 0 aliphatic carbocycles. The Kier molecular flexibility index (Phi) is 7.97. The van der Waals surface area contributed by atoms with Gasteiger partial charge in [-0.2, -0.15) is 11.8 Å². The molecule has 0 saturated carbocycles. The summed E-state index contributed by atoms with van der Waals surface area (Å²) < 4.78 is 0. The van der Waals surface area contributed by atoms with Crippen LogP contribution >= 0.6 is 27.7 Å². The molecule has 0 rings (SSSR count). The van der Waals surface area contributed by atoms with Crippen LogP contribution in [0.4, 0.5) is 0 Å². The zero-order chi connectivity index (χ0) is 8.69. The Morgan fingerprint density at radius 1 is 1.45 bits per heavy atom. The molecule has 0 aliphatic heterocycles. The molecule has 0 bridgehead atoms. The van der Waals surface area contributed by atoms with Crippen LogP contribution in [0.15, 0.2) is 0 Å². The molecule has 0 aromatic heterocycles. The van der Waals surface area contributed by atoms with Crippen LogP contribution < -0.4 is 0 Å². The Morgan fingerprint density at radius 3 is 2.55 bits per heavy atom. The van der Waals surface area contributed by atoms with Crippen molar-refractivity contribution in [1.82, 2.24) is 4.90 Å². The van der Waals surface area contributed by atoms with Gasteiger partial charge in [0, 0.05) is 17.6 Å². The molecule has 11 heavy (non-hydrogen) atoms. The zero-order valence-corrected chi connectivity index (χ0v) is 10.0. The molecule has 0 aromatic rings. The average Bonchev–Trinajstić information content (AvgIpc) is 1.97. The number of hydrogen-bond donors (Lipinski definition) is 0. The molecule has 0 heterocycles. The summed E-state index contributed by atoms with van der Waals surface area (Å²) in [6.45, 7) is 3.47. The smallest absolute Gasteiger partial charge is 0.00662 e. The third kappa shape index (κ3) is 8.70. The lowest BCUT2D eigenvalue weighted by atomic mass is 10.3. The normalized spacial score (nSPS) is 13.9. The monoisotopic (exact) mass is 239 g/mol. The van der Waals surface area contributed by atoms with Crippen molar-refractivity contribution in [3.63, 3.8) is 0 Å². The summed E-state index contributed by atoms with van der Waals surface area (Å²) in [5, 5.41) is 1.13. The van der Waals surface area contributed by atoms with E-state index in [9.17, 15) is 0 Å². The van der Waals surface area contributed by atoms with Crippen LogP contribution in [0.2, 0.25) is 0 Å². The highest BCUT2D eigenvalue weighted by atomic mass is 79.9. The first kappa shape index (κ1) is 11.8. The van der Waals surface area contributed by atoms with Crippen LogP contribution in [0, 0.1) is 5.92 Å². The lowest BCUT2D eigenvalue weighted by Gasteiger charge is -2.10. The van der Waals surface area contributed by atoms with Crippen molar-refractivity contribution in [2.45, 2.75) is 6.92 Å². The van der Waals surface area contributed by atoms with Gasteiger partial charge in [-0.3, -0.25) is 0 Å². The van der Waals surface area contributed by atoms with E-state index in [0.717, 1.165) is 11.2 Å². The first-order valence-electron chi connectivity index (χ1n) is 3.95. The van der Waals surface area contributed by atoms with Gasteiger partial charge in [0.2, 0.25) is 0 Å². The fraction of sp³-hybridized carbons (Fsp3) is 1.00. The number of halogens is 1. The number of alkyl halides is 1. The minimum absolute atomic E-state index is 0.808. The van der Waals surface area contributed by atoms with E-state index >= 15 is 0 Å². The molecule has 0 radical (unpaired) electrons. The minimum Gasteiger partial charge on any atom is -0.309 e. The number of nitrogens with zero attached hydrogens (tertiary/aromatic N) is 1. The molecule has 0 amide bonds. The number of thioether (sulfide) groups is 1. The Balaban J connectivity index is 3.01. The zero-order valence-electron chi connectivity index (χ0n) is 7.64. The van der Waals surface area contributed by atoms with Crippen molar-refractivity contribution in [3.05, 3.63) is 0 Å². The van der Waals surface area contributed by atoms with E-state index in [4.69, 9.17) is 0 Å². The van der Waals surface area contributed by atoms with Crippen LogP contribution in [-0.4, -0.2) is 42.4 Å². The van der Waals surface area contributed by atoms with Crippen molar-refractivity contribution >= 4 is 27.7 Å². The molecule has 1 nitrogen and oxygen atoms in total. The molecule has 0 N–H and O–H groups in total. The first-order valence-corrected chi connectivity index (χ1v) is 6.23. The Morgan fingerprint density at radius 2 is 2.09 bits per heavy atom. The van der Waals surface area contributed by atoms with E-state index in [1.54, 1.807) is 0 Å². The Hall–Kier alpha value is 0.790. The molecule has 68 valence electrons. The highest BCUT2D eigenvalue weighted by Crippen LogP contribution is 2.09. The number of hydrogen-bond acceptors (Lipinski definition) is 2. The third-order valence-corrected chi connectivity index (χ3v) is 3.73. The van der Waals surface area contributed by atoms with Gasteiger partial charge in [-0.25, -0.2) is 0 Å². The van der Waals surface area contributed by atoms with Gasteiger partial charge in [-0.1, -0.05) is 22.9 Å². The lowest BCUT2D eigenvalue weighted by Crippen LogP contribution is -2.15. The van der Waals surface area contributed by atoms with E-state index in [2.05, 4.69) is 41.8 Å². The van der Waals surface area contributed by atoms with E-state index < -0.39 is 0 Å². The summed E-state index contributed by atoms with van der Waals surface area (Å²) in [5.74, 6) is 3.34. The van der Waals surface area contributed by atoms with Crippen molar-refractivity contribution in [2.24, 2.45) is 5.92 Å². The van der Waals surface area contributed by atoms with Crippen molar-refractivity contribution in [3.8, 4) is 0 Å². The Bertz CT molecular complexity index is 88.2. The molecule has 1 unspecified atom stereocenters. The fourth-order valence-electron chi connectivity index (χ4n) is 0.576. The predicted octanol–water partition coefficient (Wildman–Crippen LogP) is 2.31. The van der Waals surface area contributed by atoms with Gasteiger partial charge in [0.1, 0.15) is 0 Å². The molecular weight excluding hydrogens is 222 g/mol. The van der Waals surface area contributed by atoms with E-state index in [1.165, 1.54) is 18.1 Å². The first-order chi connectivity index (χ1) is 5.16. The maximum absolute atomic E-state index is 3.47. The van der Waals surface area contributed by atoms with Crippen LogP contribution in [0.5, 0.6) is 0 Å². The van der Waals surface area contributed by atoms with Crippen LogP contribution in [0.1, 0.15) is 6.92 Å². The third-order valence-electron chi connectivity index (χ3n) is 1.35. The molecular formula is C8H18BrNS. The minimum atomic E-state index is 0.808. The molecule has 0 aromatic carbocycles. The van der Waals surface area contributed by atoms with Gasteiger partial charge < -0.3 is 4.90 Å². The van der Waals surface area contributed by atoms with Gasteiger partial charge in [0.25, 0.3) is 0 Å². The summed E-state index contributed by atoms with van der Waals surface area (Å²) >= 11 is 5.51. The molecule has 0 fully saturated rings. The highest BCUT2D eigenvalue weighted by molar-refractivity contribution is 9.09. The van der Waals surface area contributed by atoms with Crippen molar-refractivity contribution in [1.29, 1.82) is 0 Å². The maximum Gasteiger partial charge on any atom is 0.00662 e. The predicted molar refractivity (Wildman–Crippen MR) is 58.8 cm³/mol. The highest BCUT2D eigenvalue weighted by Gasteiger charge is 1.98. The van der Waals surface area contributed by atoms with Crippen LogP contribution in [0.25, 0.3) is 0 Å². The molecule has 0 saturated heterocycles. The van der Waals surface area contributed by atoms with Gasteiger partial charge in [-0.15, -0.1) is 0 Å². The topological polar surface area (TPSA) is 3.24 Å². The molecule has 3 heteroatoms. The van der Waals surface area contributed by atoms with Crippen molar-refractivity contribution < 1.29 is 0 Å². The van der Waals surface area contributed by atoms with Gasteiger partial charge in [0.15, 0.2) is 0 Å². The maximum atomic E-state index is 3.47. The van der Waals surface area contributed by atoms with Crippen LogP contribution in [0.3, 0.4) is 0 Å². The lowest BCUT2D eigenvalue weighted by molar-refractivity contribution is 0.437. The van der Waals surface area contributed by atoms with Crippen molar-refractivity contribution in [2.75, 3.05) is 37.5 Å². The standard InChI is InChI=1S/C8H18BrNS/c1-8(6-9)7-11-5-4-10(2)3/h8H,4-7H2,1-3H3. The molecule has 0 aliphatic rings.